The zero-order valence-electron chi connectivity index (χ0n) is 11.9. The molecule has 2 heterocycles. The molecule has 1 N–H and O–H groups in total. The van der Waals surface area contributed by atoms with Crippen molar-refractivity contribution in [3.05, 3.63) is 47.5 Å². The van der Waals surface area contributed by atoms with Gasteiger partial charge in [0.15, 0.2) is 0 Å². The summed E-state index contributed by atoms with van der Waals surface area (Å²) in [5, 5.41) is 11.3. The van der Waals surface area contributed by atoms with Crippen LogP contribution in [0.1, 0.15) is 17.0 Å². The zero-order valence-corrected chi connectivity index (χ0v) is 11.9. The normalized spacial score (nSPS) is 15.2. The number of benzene rings is 1. The van der Waals surface area contributed by atoms with Crippen LogP contribution in [0.5, 0.6) is 0 Å². The Kier molecular flexibility index (Phi) is 4.08. The largest absolute Gasteiger partial charge is 0.319 e. The quantitative estimate of drug-likeness (QED) is 0.883. The average Bonchev–Trinajstić information content (AvgIpc) is 2.94. The molecule has 106 valence electrons. The maximum Gasteiger partial charge on any atom is 0.147 e. The van der Waals surface area contributed by atoms with Gasteiger partial charge in [-0.25, -0.2) is 0 Å². The average molecular weight is 271 g/mol. The number of hydrogen-bond acceptors (Lipinski definition) is 4. The maximum absolute atomic E-state index is 4.16. The lowest BCUT2D eigenvalue weighted by molar-refractivity contribution is 0.209. The first kappa shape index (κ1) is 13.3. The van der Waals surface area contributed by atoms with Crippen LogP contribution in [0.4, 0.5) is 0 Å². The molecule has 2 aromatic rings. The second kappa shape index (κ2) is 6.15. The molecule has 1 aliphatic rings. The minimum atomic E-state index is 0.890. The van der Waals surface area contributed by atoms with Crippen LogP contribution < -0.4 is 5.32 Å². The van der Waals surface area contributed by atoms with Gasteiger partial charge in [-0.1, -0.05) is 24.3 Å². The van der Waals surface area contributed by atoms with Gasteiger partial charge < -0.3 is 9.88 Å². The molecule has 1 aliphatic heterocycles. The van der Waals surface area contributed by atoms with Crippen LogP contribution in [0.25, 0.3) is 0 Å². The van der Waals surface area contributed by atoms with Gasteiger partial charge in [0.2, 0.25) is 0 Å². The fourth-order valence-corrected chi connectivity index (χ4v) is 2.59. The van der Waals surface area contributed by atoms with E-state index in [1.54, 1.807) is 0 Å². The first-order chi connectivity index (χ1) is 9.85. The molecule has 1 aromatic carbocycles. The number of rotatable bonds is 5. The third-order valence-corrected chi connectivity index (χ3v) is 3.81. The Labute approximate surface area is 119 Å². The van der Waals surface area contributed by atoms with Crippen LogP contribution in [0.2, 0.25) is 0 Å². The fourth-order valence-electron chi connectivity index (χ4n) is 2.59. The summed E-state index contributed by atoms with van der Waals surface area (Å²) in [6, 6.07) is 8.95. The number of aromatic nitrogens is 3. The Balaban J connectivity index is 1.58. The van der Waals surface area contributed by atoms with E-state index in [0.29, 0.717) is 0 Å². The molecule has 0 saturated heterocycles. The first-order valence-corrected chi connectivity index (χ1v) is 7.16. The lowest BCUT2D eigenvalue weighted by Gasteiger charge is -2.26. The smallest absolute Gasteiger partial charge is 0.147 e. The predicted molar refractivity (Wildman–Crippen MR) is 78.2 cm³/mol. The summed E-state index contributed by atoms with van der Waals surface area (Å²) in [6.07, 6.45) is 2.91. The monoisotopic (exact) mass is 271 g/mol. The number of fused-ring (bicyclic) bond motifs is 1. The van der Waals surface area contributed by atoms with Gasteiger partial charge in [0.25, 0.3) is 0 Å². The molecule has 0 aliphatic carbocycles. The molecule has 0 radical (unpaired) electrons. The Hall–Kier alpha value is -1.72. The van der Waals surface area contributed by atoms with Crippen molar-refractivity contribution in [3.63, 3.8) is 0 Å². The van der Waals surface area contributed by atoms with Gasteiger partial charge in [-0.05, 0) is 31.1 Å². The molecule has 0 spiro atoms. The van der Waals surface area contributed by atoms with E-state index in [4.69, 9.17) is 0 Å². The lowest BCUT2D eigenvalue weighted by Crippen LogP contribution is -2.33. The molecule has 1 aromatic heterocycles. The van der Waals surface area contributed by atoms with Gasteiger partial charge in [0.1, 0.15) is 12.2 Å². The van der Waals surface area contributed by atoms with E-state index in [1.165, 1.54) is 11.1 Å². The molecule has 0 unspecified atom stereocenters. The van der Waals surface area contributed by atoms with Crippen LogP contribution in [0.3, 0.4) is 0 Å². The SMILES string of the molecule is CNCCc1ccc(CN2CCn3cnnc3C2)cc1. The van der Waals surface area contributed by atoms with E-state index in [9.17, 15) is 0 Å². The predicted octanol–water partition coefficient (Wildman–Crippen LogP) is 1.06. The van der Waals surface area contributed by atoms with E-state index < -0.39 is 0 Å². The number of hydrogen-bond donors (Lipinski definition) is 1. The lowest BCUT2D eigenvalue weighted by atomic mass is 10.1. The number of likely N-dealkylation sites (N-methyl/N-ethyl adjacent to an activating group) is 1. The highest BCUT2D eigenvalue weighted by molar-refractivity contribution is 5.22. The topological polar surface area (TPSA) is 46.0 Å². The van der Waals surface area contributed by atoms with Crippen molar-refractivity contribution in [1.82, 2.24) is 25.0 Å². The highest BCUT2D eigenvalue weighted by Crippen LogP contribution is 2.14. The van der Waals surface area contributed by atoms with E-state index in [-0.39, 0.29) is 0 Å². The molecule has 5 nitrogen and oxygen atoms in total. The molecule has 5 heteroatoms. The summed E-state index contributed by atoms with van der Waals surface area (Å²) in [5.41, 5.74) is 2.76. The van der Waals surface area contributed by atoms with Gasteiger partial charge in [-0.15, -0.1) is 10.2 Å². The summed E-state index contributed by atoms with van der Waals surface area (Å²) in [4.78, 5) is 2.42. The van der Waals surface area contributed by atoms with E-state index in [2.05, 4.69) is 49.2 Å². The molecule has 20 heavy (non-hydrogen) atoms. The molecule has 0 saturated carbocycles. The van der Waals surface area contributed by atoms with Crippen molar-refractivity contribution in [2.75, 3.05) is 20.1 Å². The van der Waals surface area contributed by atoms with Crippen LogP contribution >= 0.6 is 0 Å². The summed E-state index contributed by atoms with van der Waals surface area (Å²) >= 11 is 0. The van der Waals surface area contributed by atoms with Gasteiger partial charge >= 0.3 is 0 Å². The van der Waals surface area contributed by atoms with Crippen molar-refractivity contribution in [2.45, 2.75) is 26.1 Å². The minimum absolute atomic E-state index is 0.890. The third-order valence-electron chi connectivity index (χ3n) is 3.81. The minimum Gasteiger partial charge on any atom is -0.319 e. The third kappa shape index (κ3) is 3.05. The summed E-state index contributed by atoms with van der Waals surface area (Å²) in [7, 11) is 1.99. The molecular weight excluding hydrogens is 250 g/mol. The van der Waals surface area contributed by atoms with Gasteiger partial charge in [0, 0.05) is 19.6 Å². The zero-order chi connectivity index (χ0) is 13.8. The standard InChI is InChI=1S/C15H21N5/c1-16-7-6-13-2-4-14(5-3-13)10-19-8-9-20-12-17-18-15(20)11-19/h2-5,12,16H,6-11H2,1H3. The maximum atomic E-state index is 4.16. The number of nitrogens with zero attached hydrogens (tertiary/aromatic N) is 4. The van der Waals surface area contributed by atoms with E-state index in [0.717, 1.165) is 45.0 Å². The Morgan fingerprint density at radius 1 is 1.15 bits per heavy atom. The summed E-state index contributed by atoms with van der Waals surface area (Å²) in [6.45, 7) is 4.96. The highest BCUT2D eigenvalue weighted by Gasteiger charge is 2.17. The molecule has 3 rings (SSSR count). The highest BCUT2D eigenvalue weighted by atomic mass is 15.3. The molecule has 0 fully saturated rings. The number of nitrogens with one attached hydrogen (secondary N) is 1. The molecule has 0 amide bonds. The van der Waals surface area contributed by atoms with Crippen LogP contribution in [0.15, 0.2) is 30.6 Å². The molecule has 0 bridgehead atoms. The molecule has 0 atom stereocenters. The Morgan fingerprint density at radius 2 is 1.95 bits per heavy atom. The fraction of sp³-hybridized carbons (Fsp3) is 0.467. The van der Waals surface area contributed by atoms with Gasteiger partial charge in [-0.3, -0.25) is 4.90 Å². The van der Waals surface area contributed by atoms with Crippen LogP contribution in [-0.2, 0) is 26.1 Å². The van der Waals surface area contributed by atoms with Crippen LogP contribution in [-0.4, -0.2) is 39.8 Å². The molecular formula is C15H21N5. The van der Waals surface area contributed by atoms with Crippen molar-refractivity contribution in [2.24, 2.45) is 0 Å². The van der Waals surface area contributed by atoms with Crippen molar-refractivity contribution in [3.8, 4) is 0 Å². The second-order valence-electron chi connectivity index (χ2n) is 5.32. The Morgan fingerprint density at radius 3 is 2.75 bits per heavy atom. The Bertz CT molecular complexity index is 546. The van der Waals surface area contributed by atoms with Crippen molar-refractivity contribution >= 4 is 0 Å². The van der Waals surface area contributed by atoms with E-state index >= 15 is 0 Å². The van der Waals surface area contributed by atoms with Crippen molar-refractivity contribution < 1.29 is 0 Å². The second-order valence-corrected chi connectivity index (χ2v) is 5.32. The van der Waals surface area contributed by atoms with Crippen LogP contribution in [0, 0.1) is 0 Å². The van der Waals surface area contributed by atoms with Crippen molar-refractivity contribution in [1.29, 1.82) is 0 Å². The summed E-state index contributed by atoms with van der Waals surface area (Å²) < 4.78 is 2.14. The van der Waals surface area contributed by atoms with Gasteiger partial charge in [0.05, 0.1) is 6.54 Å². The van der Waals surface area contributed by atoms with E-state index in [1.807, 2.05) is 13.4 Å². The van der Waals surface area contributed by atoms with Gasteiger partial charge in [-0.2, -0.15) is 0 Å². The summed E-state index contributed by atoms with van der Waals surface area (Å²) in [5.74, 6) is 1.07. The first-order valence-electron chi connectivity index (χ1n) is 7.16.